The number of nitrogens with one attached hydrogen (secondary N) is 2. The average molecular weight is 319 g/mol. The van der Waals surface area contributed by atoms with Crippen LogP contribution in [0.1, 0.15) is 18.2 Å². The summed E-state index contributed by atoms with van der Waals surface area (Å²) in [4.78, 5) is 23.5. The second kappa shape index (κ2) is 6.91. The summed E-state index contributed by atoms with van der Waals surface area (Å²) in [6.45, 7) is 1.79. The molecule has 3 aromatic rings. The number of hydrogen-bond acceptors (Lipinski definition) is 3. The molecule has 2 aromatic carbocycles. The smallest absolute Gasteiger partial charge is 0.272 e. The van der Waals surface area contributed by atoms with E-state index in [1.54, 1.807) is 19.1 Å². The van der Waals surface area contributed by atoms with Gasteiger partial charge >= 0.3 is 0 Å². The Morgan fingerprint density at radius 3 is 2.75 bits per heavy atom. The van der Waals surface area contributed by atoms with E-state index in [0.717, 1.165) is 22.3 Å². The van der Waals surface area contributed by atoms with Gasteiger partial charge in [-0.05, 0) is 36.8 Å². The van der Waals surface area contributed by atoms with E-state index >= 15 is 0 Å². The average Bonchev–Trinajstić information content (AvgIpc) is 2.58. The summed E-state index contributed by atoms with van der Waals surface area (Å²) >= 11 is 0. The highest BCUT2D eigenvalue weighted by atomic mass is 16.1. The van der Waals surface area contributed by atoms with Crippen LogP contribution >= 0.6 is 0 Å². The quantitative estimate of drug-likeness (QED) is 0.726. The number of carbonyl (C=O) groups is 1. The molecule has 2 N–H and O–H groups in total. The van der Waals surface area contributed by atoms with Crippen molar-refractivity contribution in [3.05, 3.63) is 82.3 Å². The zero-order valence-corrected chi connectivity index (χ0v) is 13.2. The van der Waals surface area contributed by atoms with E-state index in [2.05, 4.69) is 15.5 Å². The van der Waals surface area contributed by atoms with Crippen molar-refractivity contribution in [3.63, 3.8) is 0 Å². The predicted octanol–water partition coefficient (Wildman–Crippen LogP) is 3.03. The van der Waals surface area contributed by atoms with E-state index in [1.807, 2.05) is 42.5 Å². The minimum absolute atomic E-state index is 0.165. The fraction of sp³-hybridized carbons (Fsp3) is 0.105. The van der Waals surface area contributed by atoms with Gasteiger partial charge in [-0.3, -0.25) is 9.59 Å². The molecule has 1 aromatic heterocycles. The lowest BCUT2D eigenvalue weighted by atomic mass is 10.0. The first kappa shape index (κ1) is 15.7. The molecule has 0 aliphatic carbocycles. The highest BCUT2D eigenvalue weighted by Crippen LogP contribution is 2.18. The summed E-state index contributed by atoms with van der Waals surface area (Å²) in [7, 11) is 0. The zero-order chi connectivity index (χ0) is 16.9. The Balaban J connectivity index is 1.91. The lowest BCUT2D eigenvalue weighted by Gasteiger charge is -2.07. The SMILES string of the molecule is C/C=C/C(=O)Nc1cccc(Cc2n[nH]c(=O)c3ccccc23)c1. The number of hydrogen-bond donors (Lipinski definition) is 2. The minimum atomic E-state index is -0.193. The van der Waals surface area contributed by atoms with Crippen LogP contribution in [0.15, 0.2) is 65.5 Å². The number of aromatic amines is 1. The maximum absolute atomic E-state index is 11.8. The third kappa shape index (κ3) is 3.41. The molecule has 3 rings (SSSR count). The van der Waals surface area contributed by atoms with Gasteiger partial charge in [-0.2, -0.15) is 5.10 Å². The van der Waals surface area contributed by atoms with Gasteiger partial charge in [-0.25, -0.2) is 5.10 Å². The van der Waals surface area contributed by atoms with Crippen LogP contribution in [0.4, 0.5) is 5.69 Å². The number of rotatable bonds is 4. The molecule has 0 aliphatic heterocycles. The van der Waals surface area contributed by atoms with Gasteiger partial charge < -0.3 is 5.32 Å². The van der Waals surface area contributed by atoms with Crippen LogP contribution in [-0.4, -0.2) is 16.1 Å². The third-order valence-electron chi connectivity index (χ3n) is 3.66. The Morgan fingerprint density at radius 1 is 1.17 bits per heavy atom. The summed E-state index contributed by atoms with van der Waals surface area (Å²) < 4.78 is 0. The van der Waals surface area contributed by atoms with Gasteiger partial charge in [0.2, 0.25) is 5.91 Å². The predicted molar refractivity (Wildman–Crippen MR) is 95.1 cm³/mol. The lowest BCUT2D eigenvalue weighted by Crippen LogP contribution is -2.11. The molecule has 5 nitrogen and oxygen atoms in total. The number of benzene rings is 2. The summed E-state index contributed by atoms with van der Waals surface area (Å²) in [5, 5.41) is 11.0. The fourth-order valence-corrected chi connectivity index (χ4v) is 2.59. The van der Waals surface area contributed by atoms with Crippen molar-refractivity contribution in [2.75, 3.05) is 5.32 Å². The highest BCUT2D eigenvalue weighted by molar-refractivity contribution is 5.99. The molecular formula is C19H17N3O2. The molecular weight excluding hydrogens is 302 g/mol. The van der Waals surface area contributed by atoms with Crippen molar-refractivity contribution in [3.8, 4) is 0 Å². The van der Waals surface area contributed by atoms with Crippen LogP contribution < -0.4 is 10.9 Å². The fourth-order valence-electron chi connectivity index (χ4n) is 2.59. The Kier molecular flexibility index (Phi) is 4.52. The molecule has 0 atom stereocenters. The molecule has 5 heteroatoms. The van der Waals surface area contributed by atoms with Gasteiger partial charge in [-0.15, -0.1) is 0 Å². The second-order valence-corrected chi connectivity index (χ2v) is 5.41. The molecule has 0 aliphatic rings. The van der Waals surface area contributed by atoms with Crippen molar-refractivity contribution >= 4 is 22.4 Å². The Labute approximate surface area is 139 Å². The number of fused-ring (bicyclic) bond motifs is 1. The van der Waals surface area contributed by atoms with E-state index in [-0.39, 0.29) is 11.5 Å². The molecule has 0 unspecified atom stereocenters. The molecule has 0 saturated carbocycles. The molecule has 0 radical (unpaired) electrons. The molecule has 0 saturated heterocycles. The van der Waals surface area contributed by atoms with Crippen LogP contribution in [0.2, 0.25) is 0 Å². The summed E-state index contributed by atoms with van der Waals surface area (Å²) in [5.74, 6) is -0.165. The normalized spacial score (nSPS) is 11.0. The third-order valence-corrected chi connectivity index (χ3v) is 3.66. The van der Waals surface area contributed by atoms with Crippen molar-refractivity contribution < 1.29 is 4.79 Å². The van der Waals surface area contributed by atoms with E-state index in [9.17, 15) is 9.59 Å². The number of carbonyl (C=O) groups excluding carboxylic acids is 1. The van der Waals surface area contributed by atoms with Crippen LogP contribution in [0.25, 0.3) is 10.8 Å². The first-order valence-electron chi connectivity index (χ1n) is 7.66. The van der Waals surface area contributed by atoms with Crippen LogP contribution in [0.3, 0.4) is 0 Å². The Morgan fingerprint density at radius 2 is 1.96 bits per heavy atom. The topological polar surface area (TPSA) is 74.8 Å². The molecule has 120 valence electrons. The molecule has 1 amide bonds. The van der Waals surface area contributed by atoms with Crippen molar-refractivity contribution in [2.45, 2.75) is 13.3 Å². The van der Waals surface area contributed by atoms with Crippen LogP contribution in [0, 0.1) is 0 Å². The number of nitrogens with zero attached hydrogens (tertiary/aromatic N) is 1. The van der Waals surface area contributed by atoms with E-state index in [4.69, 9.17) is 0 Å². The second-order valence-electron chi connectivity index (χ2n) is 5.41. The van der Waals surface area contributed by atoms with E-state index in [0.29, 0.717) is 11.8 Å². The monoisotopic (exact) mass is 319 g/mol. The van der Waals surface area contributed by atoms with Crippen LogP contribution in [-0.2, 0) is 11.2 Å². The maximum atomic E-state index is 11.8. The largest absolute Gasteiger partial charge is 0.323 e. The van der Waals surface area contributed by atoms with Crippen molar-refractivity contribution in [1.82, 2.24) is 10.2 Å². The zero-order valence-electron chi connectivity index (χ0n) is 13.2. The van der Waals surface area contributed by atoms with Gasteiger partial charge in [0.1, 0.15) is 0 Å². The van der Waals surface area contributed by atoms with Gasteiger partial charge in [0, 0.05) is 17.5 Å². The van der Waals surface area contributed by atoms with Crippen molar-refractivity contribution in [1.29, 1.82) is 0 Å². The Hall–Kier alpha value is -3.21. The minimum Gasteiger partial charge on any atom is -0.323 e. The molecule has 24 heavy (non-hydrogen) atoms. The highest BCUT2D eigenvalue weighted by Gasteiger charge is 2.07. The molecule has 0 spiro atoms. The lowest BCUT2D eigenvalue weighted by molar-refractivity contribution is -0.111. The summed E-state index contributed by atoms with van der Waals surface area (Å²) in [6.07, 6.45) is 3.73. The summed E-state index contributed by atoms with van der Waals surface area (Å²) in [5.41, 5.74) is 2.33. The number of H-pyrrole nitrogens is 1. The first-order valence-corrected chi connectivity index (χ1v) is 7.66. The summed E-state index contributed by atoms with van der Waals surface area (Å²) in [6, 6.07) is 15.0. The van der Waals surface area contributed by atoms with Gasteiger partial charge in [0.05, 0.1) is 11.1 Å². The number of amides is 1. The molecule has 1 heterocycles. The number of aromatic nitrogens is 2. The molecule has 0 fully saturated rings. The van der Waals surface area contributed by atoms with Crippen LogP contribution in [0.5, 0.6) is 0 Å². The Bertz CT molecular complexity index is 974. The first-order chi connectivity index (χ1) is 11.7. The molecule has 0 bridgehead atoms. The van der Waals surface area contributed by atoms with Crippen molar-refractivity contribution in [2.24, 2.45) is 0 Å². The van der Waals surface area contributed by atoms with Gasteiger partial charge in [0.25, 0.3) is 5.56 Å². The van der Waals surface area contributed by atoms with E-state index in [1.165, 1.54) is 6.08 Å². The van der Waals surface area contributed by atoms with Gasteiger partial charge in [-0.1, -0.05) is 36.4 Å². The van der Waals surface area contributed by atoms with E-state index < -0.39 is 0 Å². The number of anilines is 1. The standard InChI is InChI=1S/C19H17N3O2/c1-2-6-18(23)20-14-8-5-7-13(11-14)12-17-15-9-3-4-10-16(15)19(24)22-21-17/h2-11H,12H2,1H3,(H,20,23)(H,22,24)/b6-2+. The van der Waals surface area contributed by atoms with Gasteiger partial charge in [0.15, 0.2) is 0 Å². The number of allylic oxidation sites excluding steroid dienone is 1. The maximum Gasteiger partial charge on any atom is 0.272 e.